The molecule has 0 bridgehead atoms. The van der Waals surface area contributed by atoms with Gasteiger partial charge in [0.15, 0.2) is 0 Å². The number of amides is 1. The second kappa shape index (κ2) is 6.35. The van der Waals surface area contributed by atoms with Crippen LogP contribution in [0.5, 0.6) is 0 Å². The highest BCUT2D eigenvalue weighted by molar-refractivity contribution is 8.00. The van der Waals surface area contributed by atoms with Gasteiger partial charge >= 0.3 is 0 Å². The van der Waals surface area contributed by atoms with E-state index >= 15 is 0 Å². The summed E-state index contributed by atoms with van der Waals surface area (Å²) in [5.74, 6) is 0.536. The number of carbonyl (C=O) groups excluding carboxylic acids is 1. The molecule has 0 saturated carbocycles. The monoisotopic (exact) mass is 348 g/mol. The van der Waals surface area contributed by atoms with Crippen LogP contribution in [0.3, 0.4) is 0 Å². The highest BCUT2D eigenvalue weighted by Gasteiger charge is 2.32. The van der Waals surface area contributed by atoms with Crippen LogP contribution >= 0.6 is 11.8 Å². The second-order valence-electron chi connectivity index (χ2n) is 5.28. The van der Waals surface area contributed by atoms with Gasteiger partial charge in [0.1, 0.15) is 5.37 Å². The third kappa shape index (κ3) is 3.57. The Kier molecular flexibility index (Phi) is 4.43. The van der Waals surface area contributed by atoms with Crippen LogP contribution in [-0.4, -0.2) is 25.0 Å². The summed E-state index contributed by atoms with van der Waals surface area (Å²) in [6.07, 6.45) is 0. The number of rotatable bonds is 4. The molecule has 2 N–H and O–H groups in total. The Bertz CT molecular complexity index is 805. The van der Waals surface area contributed by atoms with E-state index in [-0.39, 0.29) is 16.2 Å². The molecule has 1 aliphatic heterocycles. The Morgan fingerprint density at radius 1 is 1.09 bits per heavy atom. The van der Waals surface area contributed by atoms with Crippen molar-refractivity contribution >= 4 is 27.7 Å². The highest BCUT2D eigenvalue weighted by atomic mass is 32.2. The highest BCUT2D eigenvalue weighted by Crippen LogP contribution is 2.39. The van der Waals surface area contributed by atoms with Crippen molar-refractivity contribution in [3.63, 3.8) is 0 Å². The average molecular weight is 348 g/mol. The van der Waals surface area contributed by atoms with Crippen molar-refractivity contribution in [3.05, 3.63) is 65.7 Å². The molecule has 23 heavy (non-hydrogen) atoms. The van der Waals surface area contributed by atoms with Gasteiger partial charge in [-0.15, -0.1) is 11.8 Å². The number of carbonyl (C=O) groups is 1. The van der Waals surface area contributed by atoms with Crippen molar-refractivity contribution in [3.8, 4) is 0 Å². The number of benzene rings is 2. The fourth-order valence-electron chi connectivity index (χ4n) is 2.50. The quantitative estimate of drug-likeness (QED) is 0.918. The summed E-state index contributed by atoms with van der Waals surface area (Å²) < 4.78 is 22.6. The van der Waals surface area contributed by atoms with Gasteiger partial charge in [0, 0.05) is 6.54 Å². The molecular formula is C16H16N2O3S2. The van der Waals surface area contributed by atoms with Crippen LogP contribution < -0.4 is 5.14 Å². The van der Waals surface area contributed by atoms with Crippen molar-refractivity contribution in [2.75, 3.05) is 5.75 Å². The van der Waals surface area contributed by atoms with Crippen LogP contribution in [0.1, 0.15) is 16.5 Å². The zero-order valence-corrected chi connectivity index (χ0v) is 13.9. The minimum Gasteiger partial charge on any atom is -0.322 e. The molecule has 1 aliphatic rings. The maximum absolute atomic E-state index is 12.2. The summed E-state index contributed by atoms with van der Waals surface area (Å²) in [5, 5.41) is 5.08. The molecule has 1 saturated heterocycles. The van der Waals surface area contributed by atoms with Crippen LogP contribution in [0.4, 0.5) is 0 Å². The van der Waals surface area contributed by atoms with E-state index in [4.69, 9.17) is 5.14 Å². The molecule has 120 valence electrons. The molecule has 7 heteroatoms. The van der Waals surface area contributed by atoms with E-state index in [0.29, 0.717) is 12.3 Å². The molecule has 1 fully saturated rings. The van der Waals surface area contributed by atoms with Crippen LogP contribution in [0.15, 0.2) is 59.5 Å². The number of nitrogens with two attached hydrogens (primary N) is 1. The minimum absolute atomic E-state index is 0.0124. The maximum Gasteiger partial charge on any atom is 0.238 e. The zero-order valence-electron chi connectivity index (χ0n) is 12.3. The minimum atomic E-state index is -3.70. The molecule has 1 amide bonds. The Balaban J connectivity index is 1.81. The lowest BCUT2D eigenvalue weighted by Gasteiger charge is -2.24. The predicted octanol–water partition coefficient (Wildman–Crippen LogP) is 2.11. The first-order valence-electron chi connectivity index (χ1n) is 7.03. The number of hydrogen-bond acceptors (Lipinski definition) is 4. The van der Waals surface area contributed by atoms with Crippen molar-refractivity contribution in [1.29, 1.82) is 0 Å². The van der Waals surface area contributed by atoms with Crippen molar-refractivity contribution < 1.29 is 13.2 Å². The van der Waals surface area contributed by atoms with E-state index < -0.39 is 10.0 Å². The van der Waals surface area contributed by atoms with E-state index in [1.54, 1.807) is 23.9 Å². The molecule has 0 aromatic heterocycles. The van der Waals surface area contributed by atoms with Crippen LogP contribution in [0.25, 0.3) is 0 Å². The van der Waals surface area contributed by atoms with Gasteiger partial charge in [0.05, 0.1) is 10.6 Å². The van der Waals surface area contributed by atoms with E-state index in [1.165, 1.54) is 12.1 Å². The van der Waals surface area contributed by atoms with Gasteiger partial charge in [0.25, 0.3) is 0 Å². The van der Waals surface area contributed by atoms with Gasteiger partial charge in [0.2, 0.25) is 15.9 Å². The van der Waals surface area contributed by atoms with Gasteiger partial charge in [-0.05, 0) is 23.3 Å². The number of primary sulfonamides is 1. The third-order valence-corrected chi connectivity index (χ3v) is 5.84. The molecule has 1 heterocycles. The van der Waals surface area contributed by atoms with Gasteiger partial charge in [-0.2, -0.15) is 0 Å². The summed E-state index contributed by atoms with van der Waals surface area (Å²) in [5.41, 5.74) is 1.96. The lowest BCUT2D eigenvalue weighted by atomic mass is 10.1. The fraction of sp³-hybridized carbons (Fsp3) is 0.188. The summed E-state index contributed by atoms with van der Waals surface area (Å²) >= 11 is 1.60. The largest absolute Gasteiger partial charge is 0.322 e. The normalized spacial score (nSPS) is 18.4. The van der Waals surface area contributed by atoms with Crippen LogP contribution in [0.2, 0.25) is 0 Å². The molecule has 1 atom stereocenters. The van der Waals surface area contributed by atoms with Crippen molar-refractivity contribution in [2.24, 2.45) is 5.14 Å². The summed E-state index contributed by atoms with van der Waals surface area (Å²) in [6, 6.07) is 16.2. The van der Waals surface area contributed by atoms with E-state index in [0.717, 1.165) is 11.1 Å². The molecule has 0 spiro atoms. The smallest absolute Gasteiger partial charge is 0.238 e. The topological polar surface area (TPSA) is 80.5 Å². The summed E-state index contributed by atoms with van der Waals surface area (Å²) in [7, 11) is -3.70. The molecule has 1 unspecified atom stereocenters. The van der Waals surface area contributed by atoms with Crippen molar-refractivity contribution in [1.82, 2.24) is 4.90 Å². The average Bonchev–Trinajstić information content (AvgIpc) is 2.89. The van der Waals surface area contributed by atoms with E-state index in [1.807, 2.05) is 35.2 Å². The fourth-order valence-corrected chi connectivity index (χ4v) is 4.20. The molecular weight excluding hydrogens is 332 g/mol. The lowest BCUT2D eigenvalue weighted by molar-refractivity contribution is -0.128. The molecule has 5 nitrogen and oxygen atoms in total. The lowest BCUT2D eigenvalue weighted by Crippen LogP contribution is -2.27. The molecule has 0 aliphatic carbocycles. The number of thioether (sulfide) groups is 1. The van der Waals surface area contributed by atoms with Gasteiger partial charge in [-0.25, -0.2) is 13.6 Å². The van der Waals surface area contributed by atoms with Gasteiger partial charge < -0.3 is 4.90 Å². The van der Waals surface area contributed by atoms with Crippen LogP contribution in [0, 0.1) is 0 Å². The molecule has 3 rings (SSSR count). The Morgan fingerprint density at radius 3 is 2.35 bits per heavy atom. The number of sulfonamides is 1. The first kappa shape index (κ1) is 16.0. The van der Waals surface area contributed by atoms with E-state index in [9.17, 15) is 13.2 Å². The Morgan fingerprint density at radius 2 is 1.74 bits per heavy atom. The molecule has 2 aromatic rings. The Labute approximate surface area is 139 Å². The number of hydrogen-bond donors (Lipinski definition) is 1. The van der Waals surface area contributed by atoms with Gasteiger partial charge in [-0.3, -0.25) is 4.79 Å². The molecule has 0 radical (unpaired) electrons. The first-order chi connectivity index (χ1) is 10.9. The predicted molar refractivity (Wildman–Crippen MR) is 90.0 cm³/mol. The third-order valence-electron chi connectivity index (χ3n) is 3.66. The second-order valence-corrected chi connectivity index (χ2v) is 7.91. The molecule has 2 aromatic carbocycles. The van der Waals surface area contributed by atoms with Crippen molar-refractivity contribution in [2.45, 2.75) is 16.8 Å². The first-order valence-corrected chi connectivity index (χ1v) is 9.62. The standard InChI is InChI=1S/C16H16N2O3S2/c17-23(20,21)14-8-6-12(7-9-14)10-18-15(19)11-22-16(18)13-4-2-1-3-5-13/h1-9,16H,10-11H2,(H2,17,20,21). The van der Waals surface area contributed by atoms with Gasteiger partial charge in [-0.1, -0.05) is 42.5 Å². The SMILES string of the molecule is NS(=O)(=O)c1ccc(CN2C(=O)CSC2c2ccccc2)cc1. The maximum atomic E-state index is 12.2. The summed E-state index contributed by atoms with van der Waals surface area (Å²) in [6.45, 7) is 0.441. The Hall–Kier alpha value is -1.83. The number of nitrogens with zero attached hydrogens (tertiary/aromatic N) is 1. The summed E-state index contributed by atoms with van der Waals surface area (Å²) in [4.78, 5) is 14.1. The zero-order chi connectivity index (χ0) is 16.4. The van der Waals surface area contributed by atoms with Crippen LogP contribution in [-0.2, 0) is 21.4 Å². The van der Waals surface area contributed by atoms with E-state index in [2.05, 4.69) is 0 Å².